The van der Waals surface area contributed by atoms with Crippen molar-refractivity contribution in [3.05, 3.63) is 69.4 Å². The Morgan fingerprint density at radius 3 is 2.56 bits per heavy atom. The highest BCUT2D eigenvalue weighted by Crippen LogP contribution is 2.33. The minimum Gasteiger partial charge on any atom is -0.456 e. The number of para-hydroxylation sites is 1. The largest absolute Gasteiger partial charge is 0.456 e. The summed E-state index contributed by atoms with van der Waals surface area (Å²) in [5.41, 5.74) is 2.13. The van der Waals surface area contributed by atoms with Crippen molar-refractivity contribution in [1.82, 2.24) is 4.98 Å². The Morgan fingerprint density at radius 1 is 0.960 bits per heavy atom. The van der Waals surface area contributed by atoms with Crippen molar-refractivity contribution >= 4 is 68.3 Å². The average Bonchev–Trinajstić information content (AvgIpc) is 2.98. The molecule has 0 atom stereocenters. The predicted octanol–water partition coefficient (Wildman–Crippen LogP) is 6.19. The van der Waals surface area contributed by atoms with Crippen molar-refractivity contribution in [2.24, 2.45) is 0 Å². The first-order valence-corrected chi connectivity index (χ1v) is 8.40. The number of halogens is 3. The van der Waals surface area contributed by atoms with E-state index in [4.69, 9.17) is 39.2 Å². The number of benzene rings is 2. The van der Waals surface area contributed by atoms with Gasteiger partial charge in [-0.1, -0.05) is 53.0 Å². The summed E-state index contributed by atoms with van der Waals surface area (Å²) in [6, 6.07) is 13.1. The zero-order valence-electron chi connectivity index (χ0n) is 12.5. The van der Waals surface area contributed by atoms with E-state index in [-0.39, 0.29) is 20.8 Å². The third-order valence-corrected chi connectivity index (χ3v) is 5.01. The molecule has 2 heterocycles. The van der Waals surface area contributed by atoms with Gasteiger partial charge < -0.3 is 9.73 Å². The van der Waals surface area contributed by atoms with Gasteiger partial charge in [-0.25, -0.2) is 4.98 Å². The number of nitrogens with one attached hydrogen (secondary N) is 1. The SMILES string of the molecule is O=C(Nc1ccc2oc3ccccc3c2c1)c1ncc(Cl)c(Cl)c1Cl. The van der Waals surface area contributed by atoms with Gasteiger partial charge in [-0.2, -0.15) is 0 Å². The molecular formula is C18H9Cl3N2O2. The lowest BCUT2D eigenvalue weighted by Gasteiger charge is -2.07. The lowest BCUT2D eigenvalue weighted by molar-refractivity contribution is 0.102. The minimum atomic E-state index is -0.476. The van der Waals surface area contributed by atoms with E-state index in [9.17, 15) is 4.79 Å². The molecule has 25 heavy (non-hydrogen) atoms. The maximum absolute atomic E-state index is 12.5. The van der Waals surface area contributed by atoms with Gasteiger partial charge in [0.15, 0.2) is 0 Å². The first kappa shape index (κ1) is 16.2. The second-order valence-electron chi connectivity index (χ2n) is 5.35. The number of aromatic nitrogens is 1. The van der Waals surface area contributed by atoms with Crippen LogP contribution in [0.15, 0.2) is 53.1 Å². The number of furan rings is 1. The van der Waals surface area contributed by atoms with Crippen molar-refractivity contribution in [1.29, 1.82) is 0 Å². The van der Waals surface area contributed by atoms with E-state index in [0.29, 0.717) is 5.69 Å². The third-order valence-electron chi connectivity index (χ3n) is 3.77. The Kier molecular flexibility index (Phi) is 4.04. The lowest BCUT2D eigenvalue weighted by atomic mass is 10.1. The fourth-order valence-corrected chi connectivity index (χ4v) is 3.16. The summed E-state index contributed by atoms with van der Waals surface area (Å²) in [5, 5.41) is 4.94. The Balaban J connectivity index is 1.72. The van der Waals surface area contributed by atoms with Crippen LogP contribution in [-0.2, 0) is 0 Å². The highest BCUT2D eigenvalue weighted by Gasteiger charge is 2.17. The average molecular weight is 392 g/mol. The number of carbonyl (C=O) groups excluding carboxylic acids is 1. The highest BCUT2D eigenvalue weighted by molar-refractivity contribution is 6.49. The number of hydrogen-bond acceptors (Lipinski definition) is 3. The molecule has 0 aliphatic carbocycles. The molecule has 0 spiro atoms. The van der Waals surface area contributed by atoms with Gasteiger partial charge in [-0.3, -0.25) is 4.79 Å². The van der Waals surface area contributed by atoms with E-state index >= 15 is 0 Å². The summed E-state index contributed by atoms with van der Waals surface area (Å²) in [4.78, 5) is 16.4. The van der Waals surface area contributed by atoms with Gasteiger partial charge in [0, 0.05) is 22.7 Å². The van der Waals surface area contributed by atoms with E-state index in [1.807, 2.05) is 30.3 Å². The Morgan fingerprint density at radius 2 is 1.72 bits per heavy atom. The summed E-state index contributed by atoms with van der Waals surface area (Å²) in [7, 11) is 0. The van der Waals surface area contributed by atoms with E-state index in [2.05, 4.69) is 10.3 Å². The van der Waals surface area contributed by atoms with Crippen molar-refractivity contribution in [3.63, 3.8) is 0 Å². The van der Waals surface area contributed by atoms with Gasteiger partial charge in [0.25, 0.3) is 5.91 Å². The molecule has 0 saturated heterocycles. The first-order chi connectivity index (χ1) is 12.0. The summed E-state index contributed by atoms with van der Waals surface area (Å²) in [6.07, 6.45) is 1.29. The van der Waals surface area contributed by atoms with Gasteiger partial charge in [0.05, 0.1) is 15.1 Å². The molecule has 0 saturated carbocycles. The molecular weight excluding hydrogens is 383 g/mol. The predicted molar refractivity (Wildman–Crippen MR) is 101 cm³/mol. The molecule has 4 nitrogen and oxygen atoms in total. The number of anilines is 1. The molecule has 0 bridgehead atoms. The quantitative estimate of drug-likeness (QED) is 0.443. The molecule has 2 aromatic carbocycles. The second-order valence-corrected chi connectivity index (χ2v) is 6.51. The molecule has 0 unspecified atom stereocenters. The first-order valence-electron chi connectivity index (χ1n) is 7.27. The number of hydrogen-bond donors (Lipinski definition) is 1. The molecule has 1 amide bonds. The van der Waals surface area contributed by atoms with Crippen LogP contribution in [0.25, 0.3) is 21.9 Å². The summed E-state index contributed by atoms with van der Waals surface area (Å²) < 4.78 is 5.77. The smallest absolute Gasteiger partial charge is 0.275 e. The summed E-state index contributed by atoms with van der Waals surface area (Å²) >= 11 is 17.9. The number of fused-ring (bicyclic) bond motifs is 3. The molecule has 4 aromatic rings. The Labute approximate surface area is 157 Å². The standard InChI is InChI=1S/C18H9Cl3N2O2/c19-12-8-22-17(16(21)15(12)20)18(24)23-9-5-6-14-11(7-9)10-3-1-2-4-13(10)25-14/h1-8H,(H,23,24). The van der Waals surface area contributed by atoms with Crippen LogP contribution >= 0.6 is 34.8 Å². The maximum Gasteiger partial charge on any atom is 0.275 e. The van der Waals surface area contributed by atoms with Crippen LogP contribution in [-0.4, -0.2) is 10.9 Å². The number of amides is 1. The Hall–Kier alpha value is -2.27. The molecule has 0 fully saturated rings. The summed E-state index contributed by atoms with van der Waals surface area (Å²) in [6.45, 7) is 0. The normalized spacial score (nSPS) is 11.2. The van der Waals surface area contributed by atoms with Crippen molar-refractivity contribution in [3.8, 4) is 0 Å². The number of nitrogens with zero attached hydrogens (tertiary/aromatic N) is 1. The number of rotatable bonds is 2. The monoisotopic (exact) mass is 390 g/mol. The van der Waals surface area contributed by atoms with Gasteiger partial charge in [0.2, 0.25) is 0 Å². The van der Waals surface area contributed by atoms with Crippen LogP contribution in [0.5, 0.6) is 0 Å². The molecule has 124 valence electrons. The van der Waals surface area contributed by atoms with Crippen LogP contribution in [0, 0.1) is 0 Å². The van der Waals surface area contributed by atoms with E-state index in [1.165, 1.54) is 6.20 Å². The molecule has 0 aliphatic rings. The Bertz CT molecular complexity index is 1140. The fraction of sp³-hybridized carbons (Fsp3) is 0. The zero-order chi connectivity index (χ0) is 17.6. The molecule has 0 aliphatic heterocycles. The summed E-state index contributed by atoms with van der Waals surface area (Å²) in [5.74, 6) is -0.476. The molecule has 2 aromatic heterocycles. The molecule has 7 heteroatoms. The van der Waals surface area contributed by atoms with Gasteiger partial charge in [0.1, 0.15) is 16.9 Å². The van der Waals surface area contributed by atoms with Crippen LogP contribution in [0.4, 0.5) is 5.69 Å². The molecule has 1 N–H and O–H groups in total. The lowest BCUT2D eigenvalue weighted by Crippen LogP contribution is -2.14. The van der Waals surface area contributed by atoms with Crippen LogP contribution in [0.2, 0.25) is 15.1 Å². The number of pyridine rings is 1. The van der Waals surface area contributed by atoms with Crippen LogP contribution < -0.4 is 5.32 Å². The van der Waals surface area contributed by atoms with Crippen molar-refractivity contribution in [2.75, 3.05) is 5.32 Å². The van der Waals surface area contributed by atoms with Gasteiger partial charge >= 0.3 is 0 Å². The van der Waals surface area contributed by atoms with Crippen molar-refractivity contribution in [2.45, 2.75) is 0 Å². The molecule has 4 rings (SSSR count). The van der Waals surface area contributed by atoms with E-state index in [0.717, 1.165) is 21.9 Å². The van der Waals surface area contributed by atoms with Gasteiger partial charge in [-0.05, 0) is 24.3 Å². The van der Waals surface area contributed by atoms with Crippen molar-refractivity contribution < 1.29 is 9.21 Å². The van der Waals surface area contributed by atoms with E-state index in [1.54, 1.807) is 12.1 Å². The van der Waals surface area contributed by atoms with Gasteiger partial charge in [-0.15, -0.1) is 0 Å². The van der Waals surface area contributed by atoms with Crippen LogP contribution in [0.3, 0.4) is 0 Å². The zero-order valence-corrected chi connectivity index (χ0v) is 14.8. The highest BCUT2D eigenvalue weighted by atomic mass is 35.5. The molecule has 0 radical (unpaired) electrons. The minimum absolute atomic E-state index is 0.00761. The maximum atomic E-state index is 12.5. The second kappa shape index (κ2) is 6.23. The number of carbonyl (C=O) groups is 1. The van der Waals surface area contributed by atoms with E-state index < -0.39 is 5.91 Å². The third kappa shape index (κ3) is 2.82. The fourth-order valence-electron chi connectivity index (χ4n) is 2.60. The van der Waals surface area contributed by atoms with Crippen LogP contribution in [0.1, 0.15) is 10.5 Å². The topological polar surface area (TPSA) is 55.1 Å².